The molecule has 2 aromatic rings. The Morgan fingerprint density at radius 1 is 1.10 bits per heavy atom. The van der Waals surface area contributed by atoms with Crippen molar-refractivity contribution in [1.29, 1.82) is 0 Å². The van der Waals surface area contributed by atoms with Gasteiger partial charge in [-0.15, -0.1) is 11.3 Å². The second-order valence-corrected chi connectivity index (χ2v) is 10.6. The number of amides is 1. The summed E-state index contributed by atoms with van der Waals surface area (Å²) in [5.74, 6) is 0.670. The summed E-state index contributed by atoms with van der Waals surface area (Å²) in [6.07, 6.45) is 4.19. The Labute approximate surface area is 183 Å². The van der Waals surface area contributed by atoms with Gasteiger partial charge < -0.3 is 9.64 Å². The highest BCUT2D eigenvalue weighted by atomic mass is 32.1. The van der Waals surface area contributed by atoms with Crippen LogP contribution in [0.25, 0.3) is 0 Å². The van der Waals surface area contributed by atoms with Gasteiger partial charge >= 0.3 is 0 Å². The molecule has 1 aliphatic carbocycles. The molecule has 2 fully saturated rings. The SMILES string of the molecule is Cc1ccc(CN2CCC3(CC2)C[C@@H](CC(=O)N2CCOCC2)c2ccccc23)s1. The molecule has 5 rings (SSSR count). The highest BCUT2D eigenvalue weighted by molar-refractivity contribution is 7.11. The van der Waals surface area contributed by atoms with Crippen LogP contribution in [0.2, 0.25) is 0 Å². The maximum absolute atomic E-state index is 13.0. The van der Waals surface area contributed by atoms with E-state index in [0.717, 1.165) is 39.1 Å². The minimum absolute atomic E-state index is 0.258. The molecule has 4 nitrogen and oxygen atoms in total. The number of likely N-dealkylation sites (tertiary alicyclic amines) is 1. The Balaban J connectivity index is 1.27. The molecule has 2 saturated heterocycles. The van der Waals surface area contributed by atoms with Crippen LogP contribution in [0.4, 0.5) is 0 Å². The fraction of sp³-hybridized carbons (Fsp3) is 0.560. The van der Waals surface area contributed by atoms with Gasteiger partial charge in [-0.1, -0.05) is 24.3 Å². The number of nitrogens with zero attached hydrogens (tertiary/aromatic N) is 2. The van der Waals surface area contributed by atoms with E-state index in [9.17, 15) is 4.79 Å². The standard InChI is InChI=1S/C25H32N2O2S/c1-19-6-7-21(30-19)18-26-10-8-25(9-11-26)17-20(22-4-2-3-5-23(22)25)16-24(28)27-12-14-29-15-13-27/h2-7,20H,8-18H2,1H3/t20-/m1/s1. The number of aryl methyl sites for hydroxylation is 1. The van der Waals surface area contributed by atoms with Gasteiger partial charge in [-0.2, -0.15) is 0 Å². The van der Waals surface area contributed by atoms with Crippen LogP contribution < -0.4 is 0 Å². The summed E-state index contributed by atoms with van der Waals surface area (Å²) in [5, 5.41) is 0. The Kier molecular flexibility index (Phi) is 5.69. The molecule has 30 heavy (non-hydrogen) atoms. The average molecular weight is 425 g/mol. The third-order valence-electron chi connectivity index (χ3n) is 7.38. The van der Waals surface area contributed by atoms with Gasteiger partial charge in [0.1, 0.15) is 0 Å². The van der Waals surface area contributed by atoms with Crippen LogP contribution in [-0.2, 0) is 21.5 Å². The number of hydrogen-bond acceptors (Lipinski definition) is 4. The summed E-state index contributed by atoms with van der Waals surface area (Å²) in [4.78, 5) is 20.4. The molecule has 0 saturated carbocycles. The predicted molar refractivity (Wildman–Crippen MR) is 121 cm³/mol. The molecule has 0 unspecified atom stereocenters. The molecule has 3 aliphatic rings. The molecule has 0 N–H and O–H groups in total. The predicted octanol–water partition coefficient (Wildman–Crippen LogP) is 4.33. The minimum Gasteiger partial charge on any atom is -0.378 e. The van der Waals surface area contributed by atoms with Gasteiger partial charge in [0, 0.05) is 35.8 Å². The number of piperidine rings is 1. The van der Waals surface area contributed by atoms with E-state index in [2.05, 4.69) is 48.2 Å². The third kappa shape index (κ3) is 3.95. The monoisotopic (exact) mass is 424 g/mol. The largest absolute Gasteiger partial charge is 0.378 e. The van der Waals surface area contributed by atoms with Crippen molar-refractivity contribution in [3.8, 4) is 0 Å². The van der Waals surface area contributed by atoms with Gasteiger partial charge in [-0.3, -0.25) is 9.69 Å². The Bertz CT molecular complexity index is 894. The first-order chi connectivity index (χ1) is 14.6. The lowest BCUT2D eigenvalue weighted by molar-refractivity contribution is -0.135. The molecular weight excluding hydrogens is 392 g/mol. The summed E-state index contributed by atoms with van der Waals surface area (Å²) in [7, 11) is 0. The smallest absolute Gasteiger partial charge is 0.223 e. The van der Waals surface area contributed by atoms with E-state index in [0.29, 0.717) is 31.5 Å². The number of morpholine rings is 1. The van der Waals surface area contributed by atoms with Crippen molar-refractivity contribution in [2.24, 2.45) is 0 Å². The number of thiophene rings is 1. The first-order valence-electron chi connectivity index (χ1n) is 11.4. The summed E-state index contributed by atoms with van der Waals surface area (Å²) in [6, 6.07) is 13.5. The Morgan fingerprint density at radius 3 is 2.60 bits per heavy atom. The van der Waals surface area contributed by atoms with E-state index >= 15 is 0 Å². The summed E-state index contributed by atoms with van der Waals surface area (Å²) >= 11 is 1.92. The molecule has 1 amide bonds. The molecule has 160 valence electrons. The maximum atomic E-state index is 13.0. The number of carbonyl (C=O) groups excluding carboxylic acids is 1. The van der Waals surface area contributed by atoms with Crippen LogP contribution in [0.15, 0.2) is 36.4 Å². The lowest BCUT2D eigenvalue weighted by Gasteiger charge is -2.40. The number of ether oxygens (including phenoxy) is 1. The highest BCUT2D eigenvalue weighted by Gasteiger charge is 2.45. The van der Waals surface area contributed by atoms with Crippen LogP contribution in [0.5, 0.6) is 0 Å². The summed E-state index contributed by atoms with van der Waals surface area (Å²) in [5.41, 5.74) is 3.21. The van der Waals surface area contributed by atoms with Crippen molar-refractivity contribution in [1.82, 2.24) is 9.80 Å². The summed E-state index contributed by atoms with van der Waals surface area (Å²) in [6.45, 7) is 8.41. The zero-order chi connectivity index (χ0) is 20.6. The van der Waals surface area contributed by atoms with Crippen LogP contribution in [-0.4, -0.2) is 55.1 Å². The first-order valence-corrected chi connectivity index (χ1v) is 12.2. The van der Waals surface area contributed by atoms with Crippen molar-refractivity contribution in [2.45, 2.75) is 50.5 Å². The minimum atomic E-state index is 0.258. The molecule has 1 aromatic carbocycles. The van der Waals surface area contributed by atoms with Crippen molar-refractivity contribution in [3.05, 3.63) is 57.3 Å². The van der Waals surface area contributed by atoms with Crippen molar-refractivity contribution < 1.29 is 9.53 Å². The van der Waals surface area contributed by atoms with E-state index < -0.39 is 0 Å². The van der Waals surface area contributed by atoms with Gasteiger partial charge in [-0.05, 0) is 73.9 Å². The number of benzene rings is 1. The molecule has 2 aliphatic heterocycles. The molecule has 5 heteroatoms. The van der Waals surface area contributed by atoms with Gasteiger partial charge in [0.15, 0.2) is 0 Å². The molecule has 1 atom stereocenters. The number of rotatable bonds is 4. The van der Waals surface area contributed by atoms with Crippen molar-refractivity contribution in [3.63, 3.8) is 0 Å². The lowest BCUT2D eigenvalue weighted by Crippen LogP contribution is -2.42. The second-order valence-electron chi connectivity index (χ2n) is 9.25. The number of carbonyl (C=O) groups is 1. The number of hydrogen-bond donors (Lipinski definition) is 0. The molecule has 3 heterocycles. The zero-order valence-corrected chi connectivity index (χ0v) is 18.8. The first kappa shape index (κ1) is 20.2. The van der Waals surface area contributed by atoms with Gasteiger partial charge in [0.25, 0.3) is 0 Å². The van der Waals surface area contributed by atoms with E-state index in [-0.39, 0.29) is 5.41 Å². The maximum Gasteiger partial charge on any atom is 0.223 e. The molecule has 0 bridgehead atoms. The van der Waals surface area contributed by atoms with Gasteiger partial charge in [0.05, 0.1) is 13.2 Å². The normalized spacial score (nSPS) is 23.6. The molecule has 0 radical (unpaired) electrons. The highest BCUT2D eigenvalue weighted by Crippen LogP contribution is 2.52. The van der Waals surface area contributed by atoms with E-state index in [4.69, 9.17) is 4.74 Å². The van der Waals surface area contributed by atoms with Crippen LogP contribution in [0.3, 0.4) is 0 Å². The van der Waals surface area contributed by atoms with Crippen LogP contribution in [0, 0.1) is 6.92 Å². The van der Waals surface area contributed by atoms with Crippen molar-refractivity contribution in [2.75, 3.05) is 39.4 Å². The average Bonchev–Trinajstić information content (AvgIpc) is 3.32. The third-order valence-corrected chi connectivity index (χ3v) is 8.37. The zero-order valence-electron chi connectivity index (χ0n) is 17.9. The molecule has 1 spiro atoms. The van der Waals surface area contributed by atoms with E-state index in [1.807, 2.05) is 16.2 Å². The van der Waals surface area contributed by atoms with E-state index in [1.165, 1.54) is 33.7 Å². The fourth-order valence-electron chi connectivity index (χ4n) is 5.77. The quantitative estimate of drug-likeness (QED) is 0.733. The second kappa shape index (κ2) is 8.45. The Morgan fingerprint density at radius 2 is 1.87 bits per heavy atom. The van der Waals surface area contributed by atoms with Crippen LogP contribution in [0.1, 0.15) is 52.5 Å². The molecule has 1 aromatic heterocycles. The van der Waals surface area contributed by atoms with Gasteiger partial charge in [0.2, 0.25) is 5.91 Å². The topological polar surface area (TPSA) is 32.8 Å². The summed E-state index contributed by atoms with van der Waals surface area (Å²) < 4.78 is 5.42. The van der Waals surface area contributed by atoms with Crippen LogP contribution >= 0.6 is 11.3 Å². The van der Waals surface area contributed by atoms with Crippen molar-refractivity contribution >= 4 is 17.2 Å². The Hall–Kier alpha value is -1.69. The van der Waals surface area contributed by atoms with E-state index in [1.54, 1.807) is 0 Å². The fourth-order valence-corrected chi connectivity index (χ4v) is 6.70. The lowest BCUT2D eigenvalue weighted by atomic mass is 9.73. The molecular formula is C25H32N2O2S. The van der Waals surface area contributed by atoms with Gasteiger partial charge in [-0.25, -0.2) is 0 Å². The number of fused-ring (bicyclic) bond motifs is 2.